The molecule has 0 radical (unpaired) electrons. The molecule has 2 atom stereocenters. The largest absolute Gasteiger partial charge is 0.299 e. The summed E-state index contributed by atoms with van der Waals surface area (Å²) in [7, 11) is 0. The van der Waals surface area contributed by atoms with Crippen molar-refractivity contribution in [3.8, 4) is 0 Å². The predicted octanol–water partition coefficient (Wildman–Crippen LogP) is 3.63. The molecule has 0 spiro atoms. The van der Waals surface area contributed by atoms with E-state index in [2.05, 4.69) is 0 Å². The van der Waals surface area contributed by atoms with Gasteiger partial charge < -0.3 is 0 Å². The third-order valence-electron chi connectivity index (χ3n) is 3.78. The van der Waals surface area contributed by atoms with Crippen molar-refractivity contribution < 1.29 is 9.59 Å². The van der Waals surface area contributed by atoms with Crippen LogP contribution in [0.4, 0.5) is 0 Å². The first-order valence-electron chi connectivity index (χ1n) is 6.83. The summed E-state index contributed by atoms with van der Waals surface area (Å²) in [6, 6.07) is 0. The average Bonchev–Trinajstić information content (AvgIpc) is 2.25. The summed E-state index contributed by atoms with van der Waals surface area (Å²) in [6.45, 7) is 9.76. The molecule has 0 bridgehead atoms. The average molecular weight is 238 g/mol. The standard InChI is InChI=1S/C15H26O2/c1-10(2)13(16)11-8-6-7-9-12(11)14(17)15(3,4)5/h10-12H,6-9H2,1-5H3/t11-,12-/m1/s1. The molecule has 2 heteroatoms. The molecular weight excluding hydrogens is 212 g/mol. The Hall–Kier alpha value is -0.660. The lowest BCUT2D eigenvalue weighted by atomic mass is 9.68. The molecule has 1 rings (SSSR count). The van der Waals surface area contributed by atoms with Crippen LogP contribution in [0.2, 0.25) is 0 Å². The van der Waals surface area contributed by atoms with Gasteiger partial charge in [-0.25, -0.2) is 0 Å². The maximum absolute atomic E-state index is 12.4. The Morgan fingerprint density at radius 1 is 1.00 bits per heavy atom. The first-order valence-corrected chi connectivity index (χ1v) is 6.83. The molecule has 0 aromatic rings. The summed E-state index contributed by atoms with van der Waals surface area (Å²) >= 11 is 0. The maximum Gasteiger partial charge on any atom is 0.141 e. The molecule has 0 aromatic heterocycles. The van der Waals surface area contributed by atoms with E-state index < -0.39 is 0 Å². The SMILES string of the molecule is CC(C)C(=O)[C@@H]1CCCC[C@H]1C(=O)C(C)(C)C. The number of carbonyl (C=O) groups excluding carboxylic acids is 2. The number of hydrogen-bond donors (Lipinski definition) is 0. The highest BCUT2D eigenvalue weighted by atomic mass is 16.1. The van der Waals surface area contributed by atoms with Gasteiger partial charge in [-0.3, -0.25) is 9.59 Å². The minimum Gasteiger partial charge on any atom is -0.299 e. The molecule has 1 aliphatic rings. The topological polar surface area (TPSA) is 34.1 Å². The fourth-order valence-corrected chi connectivity index (χ4v) is 2.77. The van der Waals surface area contributed by atoms with Gasteiger partial charge in [0.2, 0.25) is 0 Å². The van der Waals surface area contributed by atoms with Gasteiger partial charge in [0, 0.05) is 23.2 Å². The van der Waals surface area contributed by atoms with Crippen molar-refractivity contribution in [2.24, 2.45) is 23.2 Å². The molecule has 0 unspecified atom stereocenters. The molecule has 0 N–H and O–H groups in total. The molecule has 0 aromatic carbocycles. The van der Waals surface area contributed by atoms with E-state index in [0.29, 0.717) is 0 Å². The third-order valence-corrected chi connectivity index (χ3v) is 3.78. The van der Waals surface area contributed by atoms with Crippen molar-refractivity contribution in [1.29, 1.82) is 0 Å². The fraction of sp³-hybridized carbons (Fsp3) is 0.867. The zero-order valence-corrected chi connectivity index (χ0v) is 11.9. The number of ketones is 2. The molecule has 17 heavy (non-hydrogen) atoms. The zero-order valence-electron chi connectivity index (χ0n) is 11.9. The highest BCUT2D eigenvalue weighted by Gasteiger charge is 2.40. The molecule has 0 aliphatic heterocycles. The molecule has 0 heterocycles. The lowest BCUT2D eigenvalue weighted by molar-refractivity contribution is -0.140. The van der Waals surface area contributed by atoms with Gasteiger partial charge in [0.25, 0.3) is 0 Å². The van der Waals surface area contributed by atoms with E-state index >= 15 is 0 Å². The first-order chi connectivity index (χ1) is 7.75. The van der Waals surface area contributed by atoms with Gasteiger partial charge in [-0.15, -0.1) is 0 Å². The van der Waals surface area contributed by atoms with Crippen molar-refractivity contribution in [3.05, 3.63) is 0 Å². The van der Waals surface area contributed by atoms with Crippen molar-refractivity contribution >= 4 is 11.6 Å². The third kappa shape index (κ3) is 3.40. The second-order valence-electron chi connectivity index (χ2n) is 6.67. The summed E-state index contributed by atoms with van der Waals surface area (Å²) in [5.74, 6) is 0.561. The van der Waals surface area contributed by atoms with Gasteiger partial charge >= 0.3 is 0 Å². The van der Waals surface area contributed by atoms with Gasteiger partial charge in [0.15, 0.2) is 0 Å². The van der Waals surface area contributed by atoms with E-state index in [0.717, 1.165) is 25.7 Å². The monoisotopic (exact) mass is 238 g/mol. The minimum absolute atomic E-state index is 0.0181. The smallest absolute Gasteiger partial charge is 0.141 e. The maximum atomic E-state index is 12.4. The Kier molecular flexibility index (Phi) is 4.51. The van der Waals surface area contributed by atoms with Crippen LogP contribution in [0.3, 0.4) is 0 Å². The van der Waals surface area contributed by atoms with Crippen molar-refractivity contribution in [2.45, 2.75) is 60.3 Å². The Morgan fingerprint density at radius 2 is 1.47 bits per heavy atom. The van der Waals surface area contributed by atoms with Gasteiger partial charge in [0.1, 0.15) is 11.6 Å². The summed E-state index contributed by atoms with van der Waals surface area (Å²) in [5, 5.41) is 0. The van der Waals surface area contributed by atoms with Crippen LogP contribution in [0.5, 0.6) is 0 Å². The van der Waals surface area contributed by atoms with E-state index in [9.17, 15) is 9.59 Å². The van der Waals surface area contributed by atoms with Crippen LogP contribution >= 0.6 is 0 Å². The van der Waals surface area contributed by atoms with Gasteiger partial charge in [-0.2, -0.15) is 0 Å². The van der Waals surface area contributed by atoms with Crippen LogP contribution in [-0.2, 0) is 9.59 Å². The van der Waals surface area contributed by atoms with E-state index in [-0.39, 0.29) is 34.7 Å². The van der Waals surface area contributed by atoms with Gasteiger partial charge in [0.05, 0.1) is 0 Å². The number of Topliss-reactive ketones (excluding diaryl/α,β-unsaturated/α-hetero) is 2. The molecule has 0 saturated heterocycles. The minimum atomic E-state index is -0.322. The second-order valence-corrected chi connectivity index (χ2v) is 6.67. The predicted molar refractivity (Wildman–Crippen MR) is 69.8 cm³/mol. The molecule has 2 nitrogen and oxygen atoms in total. The molecule has 1 fully saturated rings. The quantitative estimate of drug-likeness (QED) is 0.752. The van der Waals surface area contributed by atoms with Crippen LogP contribution in [0.25, 0.3) is 0 Å². The highest BCUT2D eigenvalue weighted by Crippen LogP contribution is 2.37. The number of carbonyl (C=O) groups is 2. The van der Waals surface area contributed by atoms with Crippen LogP contribution < -0.4 is 0 Å². The van der Waals surface area contributed by atoms with Crippen LogP contribution in [0, 0.1) is 23.2 Å². The summed E-state index contributed by atoms with van der Waals surface area (Å²) in [5.41, 5.74) is -0.322. The second kappa shape index (κ2) is 5.32. The summed E-state index contributed by atoms with van der Waals surface area (Å²) in [4.78, 5) is 24.6. The molecule has 1 aliphatic carbocycles. The normalized spacial score (nSPS) is 26.0. The van der Waals surface area contributed by atoms with E-state index in [1.807, 2.05) is 34.6 Å². The number of hydrogen-bond acceptors (Lipinski definition) is 2. The van der Waals surface area contributed by atoms with E-state index in [1.54, 1.807) is 0 Å². The number of rotatable bonds is 3. The Bertz CT molecular complexity index is 297. The van der Waals surface area contributed by atoms with Crippen LogP contribution in [0.1, 0.15) is 60.3 Å². The molecule has 98 valence electrons. The van der Waals surface area contributed by atoms with E-state index in [1.165, 1.54) is 0 Å². The Labute approximate surface area is 105 Å². The fourth-order valence-electron chi connectivity index (χ4n) is 2.77. The lowest BCUT2D eigenvalue weighted by Crippen LogP contribution is -2.39. The van der Waals surface area contributed by atoms with Crippen molar-refractivity contribution in [2.75, 3.05) is 0 Å². The molecular formula is C15H26O2. The first kappa shape index (κ1) is 14.4. The Balaban J connectivity index is 2.87. The lowest BCUT2D eigenvalue weighted by Gasteiger charge is -2.34. The van der Waals surface area contributed by atoms with Crippen molar-refractivity contribution in [1.82, 2.24) is 0 Å². The summed E-state index contributed by atoms with van der Waals surface area (Å²) < 4.78 is 0. The van der Waals surface area contributed by atoms with Gasteiger partial charge in [-0.1, -0.05) is 47.5 Å². The zero-order chi connectivity index (χ0) is 13.2. The van der Waals surface area contributed by atoms with Crippen LogP contribution in [0.15, 0.2) is 0 Å². The van der Waals surface area contributed by atoms with Gasteiger partial charge in [-0.05, 0) is 12.8 Å². The Morgan fingerprint density at radius 3 is 1.88 bits per heavy atom. The highest BCUT2D eigenvalue weighted by molar-refractivity contribution is 5.93. The van der Waals surface area contributed by atoms with Crippen molar-refractivity contribution in [3.63, 3.8) is 0 Å². The molecule has 0 amide bonds. The van der Waals surface area contributed by atoms with Crippen LogP contribution in [-0.4, -0.2) is 11.6 Å². The summed E-state index contributed by atoms with van der Waals surface area (Å²) in [6.07, 6.45) is 3.99. The molecule has 1 saturated carbocycles. The van der Waals surface area contributed by atoms with E-state index in [4.69, 9.17) is 0 Å².